The van der Waals surface area contributed by atoms with Crippen molar-refractivity contribution in [2.24, 2.45) is 11.3 Å². The Morgan fingerprint density at radius 3 is 2.80 bits per heavy atom. The van der Waals surface area contributed by atoms with Gasteiger partial charge < -0.3 is 10.2 Å². The number of pyridine rings is 1. The molecule has 2 heterocycles. The van der Waals surface area contributed by atoms with Crippen LogP contribution in [0.25, 0.3) is 0 Å². The van der Waals surface area contributed by atoms with Crippen LogP contribution in [0.3, 0.4) is 0 Å². The maximum Gasteiger partial charge on any atom is 0.237 e. The van der Waals surface area contributed by atoms with Crippen molar-refractivity contribution in [1.82, 2.24) is 4.98 Å². The number of hydrogen-bond donors (Lipinski definition) is 1. The van der Waals surface area contributed by atoms with Gasteiger partial charge in [-0.25, -0.2) is 4.98 Å². The zero-order chi connectivity index (χ0) is 16.9. The smallest absolute Gasteiger partial charge is 0.237 e. The van der Waals surface area contributed by atoms with Crippen molar-refractivity contribution < 1.29 is 4.79 Å². The SMILES string of the molecule is O=C(N1Cc2cccnc2Nc2ccccc21)C12C=CC(CC1)CC2. The number of nitrogens with zero attached hydrogens (tertiary/aromatic N) is 2. The monoisotopic (exact) mass is 331 g/mol. The molecule has 0 unspecified atom stereocenters. The van der Waals surface area contributed by atoms with E-state index in [0.717, 1.165) is 48.4 Å². The summed E-state index contributed by atoms with van der Waals surface area (Å²) >= 11 is 0. The minimum atomic E-state index is -0.325. The first kappa shape index (κ1) is 14.7. The first-order chi connectivity index (χ1) is 12.3. The molecule has 1 aliphatic heterocycles. The van der Waals surface area contributed by atoms with E-state index >= 15 is 0 Å². The van der Waals surface area contributed by atoms with Gasteiger partial charge in [0, 0.05) is 11.8 Å². The molecule has 25 heavy (non-hydrogen) atoms. The number of fused-ring (bicyclic) bond motifs is 4. The van der Waals surface area contributed by atoms with Crippen molar-refractivity contribution in [2.75, 3.05) is 10.2 Å². The molecule has 2 aromatic rings. The summed E-state index contributed by atoms with van der Waals surface area (Å²) in [5.74, 6) is 1.75. The molecule has 0 atom stereocenters. The lowest BCUT2D eigenvalue weighted by Gasteiger charge is -2.43. The summed E-state index contributed by atoms with van der Waals surface area (Å²) in [6.07, 6.45) is 10.5. The van der Waals surface area contributed by atoms with E-state index < -0.39 is 0 Å². The minimum Gasteiger partial charge on any atom is -0.338 e. The second-order valence-electron chi connectivity index (χ2n) is 7.40. The Balaban J connectivity index is 1.61. The second-order valence-corrected chi connectivity index (χ2v) is 7.40. The molecule has 1 fully saturated rings. The normalized spacial score (nSPS) is 26.4. The van der Waals surface area contributed by atoms with Crippen molar-refractivity contribution >= 4 is 23.1 Å². The van der Waals surface area contributed by atoms with E-state index in [0.29, 0.717) is 12.5 Å². The summed E-state index contributed by atoms with van der Waals surface area (Å²) in [4.78, 5) is 20.1. The molecule has 0 saturated heterocycles. The summed E-state index contributed by atoms with van der Waals surface area (Å²) in [6.45, 7) is 0.561. The lowest BCUT2D eigenvalue weighted by Crippen LogP contribution is -2.46. The van der Waals surface area contributed by atoms with Crippen LogP contribution < -0.4 is 10.2 Å². The number of para-hydroxylation sites is 2. The molecule has 4 heteroatoms. The Bertz CT molecular complexity index is 865. The fourth-order valence-electron chi connectivity index (χ4n) is 4.45. The zero-order valence-corrected chi connectivity index (χ0v) is 14.1. The van der Waals surface area contributed by atoms with Gasteiger partial charge in [0.25, 0.3) is 0 Å². The lowest BCUT2D eigenvalue weighted by molar-refractivity contribution is -0.128. The maximum absolute atomic E-state index is 13.7. The first-order valence-electron chi connectivity index (χ1n) is 9.06. The lowest BCUT2D eigenvalue weighted by atomic mass is 9.64. The van der Waals surface area contributed by atoms with Crippen molar-refractivity contribution in [3.8, 4) is 0 Å². The van der Waals surface area contributed by atoms with E-state index in [9.17, 15) is 4.79 Å². The maximum atomic E-state index is 13.7. The minimum absolute atomic E-state index is 0.229. The van der Waals surface area contributed by atoms with Gasteiger partial charge in [0.1, 0.15) is 5.82 Å². The van der Waals surface area contributed by atoms with E-state index in [4.69, 9.17) is 0 Å². The number of nitrogens with one attached hydrogen (secondary N) is 1. The zero-order valence-electron chi connectivity index (χ0n) is 14.1. The third-order valence-corrected chi connectivity index (χ3v) is 5.95. The van der Waals surface area contributed by atoms with Crippen molar-refractivity contribution in [2.45, 2.75) is 32.2 Å². The van der Waals surface area contributed by atoms with Crippen LogP contribution in [0.2, 0.25) is 0 Å². The van der Waals surface area contributed by atoms with Gasteiger partial charge in [0.05, 0.1) is 23.3 Å². The predicted octanol–water partition coefficient (Wildman–Crippen LogP) is 4.42. The summed E-state index contributed by atoms with van der Waals surface area (Å²) in [5.41, 5.74) is 2.62. The van der Waals surface area contributed by atoms with Crippen molar-refractivity contribution in [1.29, 1.82) is 0 Å². The molecule has 1 N–H and O–H groups in total. The van der Waals surface area contributed by atoms with Crippen molar-refractivity contribution in [3.63, 3.8) is 0 Å². The van der Waals surface area contributed by atoms with E-state index in [1.807, 2.05) is 41.3 Å². The molecule has 6 rings (SSSR count). The highest BCUT2D eigenvalue weighted by Crippen LogP contribution is 2.48. The summed E-state index contributed by atoms with van der Waals surface area (Å²) in [5, 5.41) is 3.41. The van der Waals surface area contributed by atoms with Gasteiger partial charge in [0.15, 0.2) is 0 Å². The highest BCUT2D eigenvalue weighted by Gasteiger charge is 2.45. The predicted molar refractivity (Wildman–Crippen MR) is 98.7 cm³/mol. The van der Waals surface area contributed by atoms with Gasteiger partial charge in [-0.1, -0.05) is 30.4 Å². The molecule has 3 aliphatic carbocycles. The number of carbonyl (C=O) groups is 1. The summed E-state index contributed by atoms with van der Waals surface area (Å²) < 4.78 is 0. The van der Waals surface area contributed by atoms with E-state index in [-0.39, 0.29) is 11.3 Å². The number of aromatic nitrogens is 1. The third kappa shape index (κ3) is 2.28. The van der Waals surface area contributed by atoms with Crippen LogP contribution in [0.1, 0.15) is 31.2 Å². The molecular weight excluding hydrogens is 310 g/mol. The molecule has 1 saturated carbocycles. The number of hydrogen-bond acceptors (Lipinski definition) is 3. The average molecular weight is 331 g/mol. The molecule has 1 aromatic carbocycles. The molecule has 4 nitrogen and oxygen atoms in total. The van der Waals surface area contributed by atoms with Gasteiger partial charge in [-0.15, -0.1) is 0 Å². The summed E-state index contributed by atoms with van der Waals surface area (Å²) in [6, 6.07) is 12.0. The van der Waals surface area contributed by atoms with Gasteiger partial charge in [-0.3, -0.25) is 4.79 Å². The van der Waals surface area contributed by atoms with Crippen LogP contribution in [0, 0.1) is 11.3 Å². The van der Waals surface area contributed by atoms with Crippen LogP contribution in [0.4, 0.5) is 17.2 Å². The highest BCUT2D eigenvalue weighted by atomic mass is 16.2. The fraction of sp³-hybridized carbons (Fsp3) is 0.333. The molecular formula is C21H21N3O. The Kier molecular flexibility index (Phi) is 3.20. The number of rotatable bonds is 1. The number of benzene rings is 1. The standard InChI is InChI=1S/C21H21N3O/c25-20(21-10-7-15(8-11-21)9-12-21)24-14-16-4-3-13-22-19(16)23-17-5-1-2-6-18(17)24/h1-7,10,13,15H,8-9,11-12,14H2,(H,22,23). The van der Waals surface area contributed by atoms with Gasteiger partial charge >= 0.3 is 0 Å². The topological polar surface area (TPSA) is 45.2 Å². The van der Waals surface area contributed by atoms with E-state index in [1.165, 1.54) is 0 Å². The number of carbonyl (C=O) groups excluding carboxylic acids is 1. The quantitative estimate of drug-likeness (QED) is 0.787. The molecule has 1 aromatic heterocycles. The highest BCUT2D eigenvalue weighted by molar-refractivity contribution is 6.02. The largest absolute Gasteiger partial charge is 0.338 e. The second kappa shape index (κ2) is 5.45. The van der Waals surface area contributed by atoms with Crippen LogP contribution >= 0.6 is 0 Å². The number of allylic oxidation sites excluding steroid dienone is 1. The Labute approximate surface area is 147 Å². The fourth-order valence-corrected chi connectivity index (χ4v) is 4.45. The number of amides is 1. The Morgan fingerprint density at radius 1 is 1.16 bits per heavy atom. The molecule has 1 amide bonds. The van der Waals surface area contributed by atoms with Gasteiger partial charge in [-0.2, -0.15) is 0 Å². The molecule has 4 aliphatic rings. The van der Waals surface area contributed by atoms with Gasteiger partial charge in [0.2, 0.25) is 5.91 Å². The third-order valence-electron chi connectivity index (χ3n) is 5.95. The van der Waals surface area contributed by atoms with Crippen LogP contribution in [0.5, 0.6) is 0 Å². The van der Waals surface area contributed by atoms with Crippen LogP contribution in [-0.4, -0.2) is 10.9 Å². The molecule has 0 radical (unpaired) electrons. The van der Waals surface area contributed by atoms with Crippen LogP contribution in [-0.2, 0) is 11.3 Å². The average Bonchev–Trinajstić information content (AvgIpc) is 2.85. The Hall–Kier alpha value is -2.62. The molecule has 0 spiro atoms. The number of anilines is 3. The Morgan fingerprint density at radius 2 is 2.00 bits per heavy atom. The molecule has 2 bridgehead atoms. The first-order valence-corrected chi connectivity index (χ1v) is 9.06. The molecule has 126 valence electrons. The van der Waals surface area contributed by atoms with E-state index in [2.05, 4.69) is 22.5 Å². The van der Waals surface area contributed by atoms with E-state index in [1.54, 1.807) is 6.20 Å². The van der Waals surface area contributed by atoms with Crippen molar-refractivity contribution in [3.05, 3.63) is 60.3 Å². The van der Waals surface area contributed by atoms with Gasteiger partial charge in [-0.05, 0) is 49.8 Å². The van der Waals surface area contributed by atoms with Crippen LogP contribution in [0.15, 0.2) is 54.7 Å². The summed E-state index contributed by atoms with van der Waals surface area (Å²) in [7, 11) is 0.